The van der Waals surface area contributed by atoms with Gasteiger partial charge in [-0.1, -0.05) is 0 Å². The quantitative estimate of drug-likeness (QED) is 0.848. The Bertz CT molecular complexity index is 703. The summed E-state index contributed by atoms with van der Waals surface area (Å²) in [6.45, 7) is 3.41. The van der Waals surface area contributed by atoms with E-state index in [4.69, 9.17) is 4.74 Å². The molecule has 0 radical (unpaired) electrons. The van der Waals surface area contributed by atoms with Gasteiger partial charge in [-0.15, -0.1) is 0 Å². The van der Waals surface area contributed by atoms with Crippen LogP contribution in [0.5, 0.6) is 0 Å². The summed E-state index contributed by atoms with van der Waals surface area (Å²) >= 11 is 1.31. The van der Waals surface area contributed by atoms with E-state index in [-0.39, 0.29) is 12.0 Å². The first kappa shape index (κ1) is 15.8. The maximum atomic E-state index is 12.6. The summed E-state index contributed by atoms with van der Waals surface area (Å²) in [4.78, 5) is 25.0. The third kappa shape index (κ3) is 3.32. The van der Waals surface area contributed by atoms with E-state index in [1.807, 2.05) is 36.9 Å². The Morgan fingerprint density at radius 1 is 1.48 bits per heavy atom. The number of amides is 1. The fourth-order valence-corrected chi connectivity index (χ4v) is 3.12. The van der Waals surface area contributed by atoms with E-state index in [2.05, 4.69) is 14.3 Å². The lowest BCUT2D eigenvalue weighted by Gasteiger charge is -2.32. The van der Waals surface area contributed by atoms with Crippen molar-refractivity contribution in [3.63, 3.8) is 0 Å². The number of rotatable bonds is 3. The van der Waals surface area contributed by atoms with Gasteiger partial charge >= 0.3 is 0 Å². The van der Waals surface area contributed by atoms with Crippen molar-refractivity contribution in [1.29, 1.82) is 0 Å². The maximum absolute atomic E-state index is 12.6. The second kappa shape index (κ2) is 6.59. The average Bonchev–Trinajstić information content (AvgIpc) is 3.00. The van der Waals surface area contributed by atoms with Gasteiger partial charge < -0.3 is 14.5 Å². The number of hydrogen-bond acceptors (Lipinski definition) is 7. The van der Waals surface area contributed by atoms with Gasteiger partial charge in [-0.05, 0) is 24.5 Å². The molecule has 1 saturated heterocycles. The third-order valence-electron chi connectivity index (χ3n) is 3.73. The second-order valence-electron chi connectivity index (χ2n) is 5.60. The van der Waals surface area contributed by atoms with E-state index >= 15 is 0 Å². The van der Waals surface area contributed by atoms with Gasteiger partial charge in [-0.25, -0.2) is 9.97 Å². The molecule has 23 heavy (non-hydrogen) atoms. The predicted octanol–water partition coefficient (Wildman–Crippen LogP) is 1.52. The van der Waals surface area contributed by atoms with Crippen LogP contribution in [0.1, 0.15) is 27.8 Å². The smallest absolute Gasteiger partial charge is 0.256 e. The Labute approximate surface area is 139 Å². The van der Waals surface area contributed by atoms with E-state index < -0.39 is 0 Å². The topological polar surface area (TPSA) is 71.5 Å². The molecule has 3 heterocycles. The molecule has 0 spiro atoms. The third-order valence-corrected chi connectivity index (χ3v) is 4.45. The van der Waals surface area contributed by atoms with E-state index in [0.29, 0.717) is 31.2 Å². The Morgan fingerprint density at radius 3 is 3.00 bits per heavy atom. The molecule has 1 amide bonds. The molecule has 0 N–H and O–H groups in total. The predicted molar refractivity (Wildman–Crippen MR) is 87.8 cm³/mol. The number of hydrogen-bond donors (Lipinski definition) is 0. The Balaban J connectivity index is 1.77. The van der Waals surface area contributed by atoms with Crippen LogP contribution in [0.25, 0.3) is 0 Å². The molecule has 2 aromatic heterocycles. The molecule has 122 valence electrons. The number of morpholine rings is 1. The summed E-state index contributed by atoms with van der Waals surface area (Å²) in [7, 11) is 3.78. The molecule has 3 rings (SSSR count). The van der Waals surface area contributed by atoms with Crippen LogP contribution in [0, 0.1) is 6.92 Å². The molecule has 0 aromatic carbocycles. The van der Waals surface area contributed by atoms with Gasteiger partial charge in [0, 0.05) is 32.2 Å². The van der Waals surface area contributed by atoms with Gasteiger partial charge in [0.2, 0.25) is 5.95 Å². The molecule has 2 aromatic rings. The summed E-state index contributed by atoms with van der Waals surface area (Å²) in [6.07, 6.45) is 1.48. The largest absolute Gasteiger partial charge is 0.368 e. The van der Waals surface area contributed by atoms with Crippen molar-refractivity contribution in [3.05, 3.63) is 34.6 Å². The highest BCUT2D eigenvalue weighted by atomic mass is 32.1. The minimum atomic E-state index is -0.235. The van der Waals surface area contributed by atoms with Crippen LogP contribution in [0.2, 0.25) is 0 Å². The van der Waals surface area contributed by atoms with Crippen LogP contribution in [0.3, 0.4) is 0 Å². The number of carbonyl (C=O) groups excluding carboxylic acids is 1. The first-order valence-corrected chi connectivity index (χ1v) is 8.22. The zero-order valence-corrected chi connectivity index (χ0v) is 14.2. The summed E-state index contributed by atoms with van der Waals surface area (Å²) < 4.78 is 9.99. The highest BCUT2D eigenvalue weighted by Crippen LogP contribution is 2.23. The lowest BCUT2D eigenvalue weighted by atomic mass is 10.1. The van der Waals surface area contributed by atoms with Gasteiger partial charge in [-0.2, -0.15) is 4.37 Å². The zero-order chi connectivity index (χ0) is 16.4. The first-order chi connectivity index (χ1) is 11.1. The number of nitrogens with zero attached hydrogens (tertiary/aromatic N) is 5. The second-order valence-corrected chi connectivity index (χ2v) is 6.23. The number of ether oxygens (including phenoxy) is 1. The van der Waals surface area contributed by atoms with Crippen LogP contribution < -0.4 is 4.90 Å². The molecular formula is C15H19N5O2S. The van der Waals surface area contributed by atoms with Crippen molar-refractivity contribution < 1.29 is 9.53 Å². The van der Waals surface area contributed by atoms with Gasteiger partial charge in [0.1, 0.15) is 6.10 Å². The minimum Gasteiger partial charge on any atom is -0.368 e. The van der Waals surface area contributed by atoms with Crippen LogP contribution in [0.15, 0.2) is 17.6 Å². The van der Waals surface area contributed by atoms with E-state index in [1.54, 1.807) is 11.6 Å². The standard InChI is InChI=1S/C15H19N5O2S/c1-10-11(9-23-18-10)14(21)20-6-7-22-13(8-20)12-4-5-16-15(17-12)19(2)3/h4-5,9,13H,6-8H2,1-3H3/t13-/m0/s1. The van der Waals surface area contributed by atoms with Crippen LogP contribution in [0.4, 0.5) is 5.95 Å². The number of anilines is 1. The van der Waals surface area contributed by atoms with E-state index in [1.165, 1.54) is 11.5 Å². The summed E-state index contributed by atoms with van der Waals surface area (Å²) in [6, 6.07) is 1.84. The molecular weight excluding hydrogens is 314 g/mol. The summed E-state index contributed by atoms with van der Waals surface area (Å²) in [5.41, 5.74) is 2.24. The summed E-state index contributed by atoms with van der Waals surface area (Å²) in [5, 5.41) is 1.80. The fourth-order valence-electron chi connectivity index (χ4n) is 2.44. The van der Waals surface area contributed by atoms with Gasteiger partial charge in [0.05, 0.1) is 30.1 Å². The normalized spacial score (nSPS) is 18.0. The van der Waals surface area contributed by atoms with Crippen molar-refractivity contribution in [3.8, 4) is 0 Å². The number of carbonyl (C=O) groups is 1. The molecule has 8 heteroatoms. The van der Waals surface area contributed by atoms with Gasteiger partial charge in [0.25, 0.3) is 5.91 Å². The lowest BCUT2D eigenvalue weighted by Crippen LogP contribution is -2.42. The molecule has 7 nitrogen and oxygen atoms in total. The van der Waals surface area contributed by atoms with Crippen molar-refractivity contribution in [1.82, 2.24) is 19.2 Å². The average molecular weight is 333 g/mol. The molecule has 1 aliphatic rings. The number of aromatic nitrogens is 3. The van der Waals surface area contributed by atoms with E-state index in [9.17, 15) is 4.79 Å². The van der Waals surface area contributed by atoms with Crippen molar-refractivity contribution in [2.75, 3.05) is 38.7 Å². The van der Waals surface area contributed by atoms with Crippen LogP contribution in [-0.2, 0) is 4.74 Å². The van der Waals surface area contributed by atoms with Crippen LogP contribution >= 0.6 is 11.5 Å². The lowest BCUT2D eigenvalue weighted by molar-refractivity contribution is -0.0247. The van der Waals surface area contributed by atoms with Crippen molar-refractivity contribution in [2.45, 2.75) is 13.0 Å². The fraction of sp³-hybridized carbons (Fsp3) is 0.467. The molecule has 0 saturated carbocycles. The summed E-state index contributed by atoms with van der Waals surface area (Å²) in [5.74, 6) is 0.638. The van der Waals surface area contributed by atoms with Gasteiger partial charge in [0.15, 0.2) is 0 Å². The Morgan fingerprint density at radius 2 is 2.30 bits per heavy atom. The molecule has 1 fully saturated rings. The number of aryl methyl sites for hydroxylation is 1. The van der Waals surface area contributed by atoms with Gasteiger partial charge in [-0.3, -0.25) is 4.79 Å². The monoisotopic (exact) mass is 333 g/mol. The van der Waals surface area contributed by atoms with Crippen LogP contribution in [-0.4, -0.2) is 58.9 Å². The minimum absolute atomic E-state index is 0.00596. The molecule has 0 aliphatic carbocycles. The molecule has 1 aliphatic heterocycles. The molecule has 0 unspecified atom stereocenters. The molecule has 1 atom stereocenters. The Hall–Kier alpha value is -2.06. The van der Waals surface area contributed by atoms with E-state index in [0.717, 1.165) is 11.4 Å². The zero-order valence-electron chi connectivity index (χ0n) is 13.4. The first-order valence-electron chi connectivity index (χ1n) is 7.38. The van der Waals surface area contributed by atoms with Crippen molar-refractivity contribution in [2.24, 2.45) is 0 Å². The Kier molecular flexibility index (Phi) is 4.53. The molecule has 0 bridgehead atoms. The van der Waals surface area contributed by atoms with Crippen molar-refractivity contribution >= 4 is 23.4 Å². The maximum Gasteiger partial charge on any atom is 0.256 e. The SMILES string of the molecule is Cc1nscc1C(=O)N1CCO[C@H](c2ccnc(N(C)C)n2)C1. The highest BCUT2D eigenvalue weighted by Gasteiger charge is 2.28. The highest BCUT2D eigenvalue weighted by molar-refractivity contribution is 7.03.